The number of carbonyl (C=O) groups is 1. The van der Waals surface area contributed by atoms with E-state index in [4.69, 9.17) is 10.4 Å². The molecule has 0 aliphatic carbocycles. The van der Waals surface area contributed by atoms with Gasteiger partial charge in [0.2, 0.25) is 0 Å². The van der Waals surface area contributed by atoms with Crippen LogP contribution >= 0.6 is 0 Å². The summed E-state index contributed by atoms with van der Waals surface area (Å²) >= 11 is 0. The van der Waals surface area contributed by atoms with Crippen molar-refractivity contribution in [3.8, 4) is 6.07 Å². The van der Waals surface area contributed by atoms with Gasteiger partial charge in [0.1, 0.15) is 11.9 Å². The van der Waals surface area contributed by atoms with Crippen molar-refractivity contribution < 1.29 is 14.3 Å². The van der Waals surface area contributed by atoms with Gasteiger partial charge in [0.15, 0.2) is 0 Å². The maximum Gasteiger partial charge on any atom is 0.335 e. The first-order valence-corrected chi connectivity index (χ1v) is 6.36. The minimum absolute atomic E-state index is 0.224. The van der Waals surface area contributed by atoms with Crippen molar-refractivity contribution in [2.24, 2.45) is 0 Å². The molecule has 106 valence electrons. The molecule has 2 rings (SSSR count). The molecule has 0 heterocycles. The zero-order valence-corrected chi connectivity index (χ0v) is 11.1. The number of carboxylic acids is 1. The predicted molar refractivity (Wildman–Crippen MR) is 76.7 cm³/mol. The highest BCUT2D eigenvalue weighted by Crippen LogP contribution is 2.16. The van der Waals surface area contributed by atoms with Crippen LogP contribution in [0.25, 0.3) is 0 Å². The number of carboxylic acid groups (broad SMARTS) is 1. The number of anilines is 1. The first-order chi connectivity index (χ1) is 10.1. The molecule has 0 radical (unpaired) electrons. The first kappa shape index (κ1) is 14.5. The van der Waals surface area contributed by atoms with Crippen molar-refractivity contribution in [1.29, 1.82) is 5.26 Å². The summed E-state index contributed by atoms with van der Waals surface area (Å²) in [6.45, 7) is 0.449. The average Bonchev–Trinajstić information content (AvgIpc) is 2.49. The maximum absolute atomic E-state index is 13.0. The monoisotopic (exact) mass is 284 g/mol. The van der Waals surface area contributed by atoms with Crippen molar-refractivity contribution in [2.75, 3.05) is 11.9 Å². The van der Waals surface area contributed by atoms with Crippen LogP contribution in [-0.2, 0) is 6.42 Å². The molecule has 0 fully saturated rings. The van der Waals surface area contributed by atoms with Crippen LogP contribution in [0, 0.1) is 17.1 Å². The topological polar surface area (TPSA) is 73.1 Å². The highest BCUT2D eigenvalue weighted by molar-refractivity contribution is 5.89. The SMILES string of the molecule is N#Cc1cc(F)ccc1NCCc1ccccc1C(=O)O. The summed E-state index contributed by atoms with van der Waals surface area (Å²) in [5.41, 5.74) is 1.73. The molecule has 0 spiro atoms. The third kappa shape index (κ3) is 3.57. The second-order valence-corrected chi connectivity index (χ2v) is 4.44. The van der Waals surface area contributed by atoms with E-state index in [2.05, 4.69) is 5.32 Å². The van der Waals surface area contributed by atoms with Gasteiger partial charge < -0.3 is 10.4 Å². The molecule has 2 aromatic rings. The maximum atomic E-state index is 13.0. The number of nitrogens with zero attached hydrogens (tertiary/aromatic N) is 1. The Kier molecular flexibility index (Phi) is 4.52. The van der Waals surface area contributed by atoms with Gasteiger partial charge in [0.05, 0.1) is 16.8 Å². The Bertz CT molecular complexity index is 708. The largest absolute Gasteiger partial charge is 0.478 e. The average molecular weight is 284 g/mol. The van der Waals surface area contributed by atoms with E-state index >= 15 is 0 Å². The van der Waals surface area contributed by atoms with Crippen LogP contribution in [0.15, 0.2) is 42.5 Å². The lowest BCUT2D eigenvalue weighted by atomic mass is 10.0. The normalized spacial score (nSPS) is 9.90. The summed E-state index contributed by atoms with van der Waals surface area (Å²) in [6.07, 6.45) is 0.491. The molecule has 0 unspecified atom stereocenters. The van der Waals surface area contributed by atoms with Crippen LogP contribution in [0.1, 0.15) is 21.5 Å². The van der Waals surface area contributed by atoms with Gasteiger partial charge in [0.25, 0.3) is 0 Å². The van der Waals surface area contributed by atoms with Gasteiger partial charge in [-0.2, -0.15) is 5.26 Å². The number of hydrogen-bond acceptors (Lipinski definition) is 3. The van der Waals surface area contributed by atoms with Crippen LogP contribution in [0.4, 0.5) is 10.1 Å². The second-order valence-electron chi connectivity index (χ2n) is 4.44. The van der Waals surface area contributed by atoms with Gasteiger partial charge in [-0.1, -0.05) is 18.2 Å². The van der Waals surface area contributed by atoms with Gasteiger partial charge in [0, 0.05) is 6.54 Å². The second kappa shape index (κ2) is 6.53. The molecular formula is C16H13FN2O2. The molecular weight excluding hydrogens is 271 g/mol. The summed E-state index contributed by atoms with van der Waals surface area (Å²) in [6, 6.07) is 12.6. The van der Waals surface area contributed by atoms with Gasteiger partial charge in [-0.05, 0) is 36.2 Å². The van der Waals surface area contributed by atoms with Crippen molar-refractivity contribution >= 4 is 11.7 Å². The predicted octanol–water partition coefficient (Wildman–Crippen LogP) is 3.05. The number of nitrogens with one attached hydrogen (secondary N) is 1. The Morgan fingerprint density at radius 1 is 1.29 bits per heavy atom. The zero-order chi connectivity index (χ0) is 15.2. The summed E-state index contributed by atoms with van der Waals surface area (Å²) in [7, 11) is 0. The lowest BCUT2D eigenvalue weighted by Gasteiger charge is -2.09. The summed E-state index contributed by atoms with van der Waals surface area (Å²) in [5.74, 6) is -1.43. The Morgan fingerprint density at radius 3 is 2.76 bits per heavy atom. The fourth-order valence-electron chi connectivity index (χ4n) is 2.04. The zero-order valence-electron chi connectivity index (χ0n) is 11.1. The van der Waals surface area contributed by atoms with E-state index < -0.39 is 11.8 Å². The number of nitriles is 1. The molecule has 4 nitrogen and oxygen atoms in total. The highest BCUT2D eigenvalue weighted by Gasteiger charge is 2.09. The molecule has 0 atom stereocenters. The minimum atomic E-state index is -0.968. The molecule has 0 amide bonds. The fraction of sp³-hybridized carbons (Fsp3) is 0.125. The molecule has 0 aromatic heterocycles. The number of benzene rings is 2. The number of aromatic carboxylic acids is 1. The van der Waals surface area contributed by atoms with Crippen LogP contribution < -0.4 is 5.32 Å². The third-order valence-electron chi connectivity index (χ3n) is 3.06. The minimum Gasteiger partial charge on any atom is -0.478 e. The van der Waals surface area contributed by atoms with E-state index in [1.807, 2.05) is 6.07 Å². The van der Waals surface area contributed by atoms with Crippen molar-refractivity contribution in [3.63, 3.8) is 0 Å². The van der Waals surface area contributed by atoms with E-state index in [9.17, 15) is 9.18 Å². The Balaban J connectivity index is 2.06. The highest BCUT2D eigenvalue weighted by atomic mass is 19.1. The fourth-order valence-corrected chi connectivity index (χ4v) is 2.04. The third-order valence-corrected chi connectivity index (χ3v) is 3.06. The van der Waals surface area contributed by atoms with Gasteiger partial charge >= 0.3 is 5.97 Å². The van der Waals surface area contributed by atoms with Gasteiger partial charge in [-0.25, -0.2) is 9.18 Å². The molecule has 0 bridgehead atoms. The molecule has 0 saturated carbocycles. The standard InChI is InChI=1S/C16H13FN2O2/c17-13-5-6-15(12(9-13)10-18)19-8-7-11-3-1-2-4-14(11)16(20)21/h1-6,9,19H,7-8H2,(H,20,21). The molecule has 0 aliphatic heterocycles. The summed E-state index contributed by atoms with van der Waals surface area (Å²) in [4.78, 5) is 11.1. The molecule has 21 heavy (non-hydrogen) atoms. The van der Waals surface area contributed by atoms with E-state index in [1.165, 1.54) is 12.1 Å². The quantitative estimate of drug-likeness (QED) is 0.885. The lowest BCUT2D eigenvalue weighted by Crippen LogP contribution is -2.10. The number of halogens is 1. The van der Waals surface area contributed by atoms with Crippen molar-refractivity contribution in [3.05, 3.63) is 65.0 Å². The first-order valence-electron chi connectivity index (χ1n) is 6.36. The molecule has 2 N–H and O–H groups in total. The Labute approximate surface area is 121 Å². The molecule has 0 saturated heterocycles. The van der Waals surface area contributed by atoms with Crippen LogP contribution in [0.2, 0.25) is 0 Å². The van der Waals surface area contributed by atoms with Gasteiger partial charge in [-0.3, -0.25) is 0 Å². The molecule has 2 aromatic carbocycles. The van der Waals surface area contributed by atoms with Crippen LogP contribution in [0.3, 0.4) is 0 Å². The van der Waals surface area contributed by atoms with E-state index in [0.29, 0.717) is 24.2 Å². The van der Waals surface area contributed by atoms with Crippen molar-refractivity contribution in [2.45, 2.75) is 6.42 Å². The smallest absolute Gasteiger partial charge is 0.335 e. The summed E-state index contributed by atoms with van der Waals surface area (Å²) < 4.78 is 13.0. The van der Waals surface area contributed by atoms with E-state index in [1.54, 1.807) is 24.3 Å². The van der Waals surface area contributed by atoms with Crippen LogP contribution in [-0.4, -0.2) is 17.6 Å². The molecule has 0 aliphatic rings. The van der Waals surface area contributed by atoms with E-state index in [0.717, 1.165) is 6.07 Å². The Hall–Kier alpha value is -2.87. The summed E-state index contributed by atoms with van der Waals surface area (Å²) in [5, 5.41) is 21.1. The number of rotatable bonds is 5. The van der Waals surface area contributed by atoms with E-state index in [-0.39, 0.29) is 11.1 Å². The van der Waals surface area contributed by atoms with Gasteiger partial charge in [-0.15, -0.1) is 0 Å². The van der Waals surface area contributed by atoms with Crippen molar-refractivity contribution in [1.82, 2.24) is 0 Å². The molecule has 5 heteroatoms. The Morgan fingerprint density at radius 2 is 2.05 bits per heavy atom. The number of hydrogen-bond donors (Lipinski definition) is 2. The van der Waals surface area contributed by atoms with Crippen LogP contribution in [0.5, 0.6) is 0 Å². The lowest BCUT2D eigenvalue weighted by molar-refractivity contribution is 0.0695.